The molecule has 0 aromatic heterocycles. The molecule has 0 rings (SSSR count). The lowest BCUT2D eigenvalue weighted by Crippen LogP contribution is -2.08. The summed E-state index contributed by atoms with van der Waals surface area (Å²) in [6, 6.07) is 0. The Bertz CT molecular complexity index is 222. The van der Waals surface area contributed by atoms with Crippen molar-refractivity contribution in [1.29, 1.82) is 0 Å². The number of carbonyl (C=O) groups excluding carboxylic acids is 2. The van der Waals surface area contributed by atoms with Crippen molar-refractivity contribution in [3.8, 4) is 0 Å². The zero-order chi connectivity index (χ0) is 10.3. The molecule has 0 heterocycles. The molecule has 0 fully saturated rings. The first-order valence-electron chi connectivity index (χ1n) is 4.05. The monoisotopic (exact) mass is 202 g/mol. The van der Waals surface area contributed by atoms with Gasteiger partial charge in [0.1, 0.15) is 0 Å². The first kappa shape index (κ1) is 11.9. The van der Waals surface area contributed by atoms with Crippen molar-refractivity contribution < 1.29 is 18.8 Å². The first-order valence-corrected chi connectivity index (χ1v) is 4.86. The maximum atomic E-state index is 11.1. The van der Waals surface area contributed by atoms with Crippen molar-refractivity contribution in [3.05, 3.63) is 11.6 Å². The molecular weight excluding hydrogens is 188 g/mol. The van der Waals surface area contributed by atoms with Gasteiger partial charge in [-0.2, -0.15) is 0 Å². The molecule has 0 amide bonds. The number of carbonyl (C=O) groups is 2. The average molecular weight is 202 g/mol. The minimum atomic E-state index is -0.488. The van der Waals surface area contributed by atoms with Gasteiger partial charge in [-0.25, -0.2) is 9.59 Å². The van der Waals surface area contributed by atoms with Crippen molar-refractivity contribution in [2.45, 2.75) is 20.3 Å². The maximum absolute atomic E-state index is 11.1. The summed E-state index contributed by atoms with van der Waals surface area (Å²) in [5.74, 6) is -0.952. The molecular formula is C8H14O4Si. The Morgan fingerprint density at radius 2 is 2.08 bits per heavy atom. The van der Waals surface area contributed by atoms with Gasteiger partial charge in [0, 0.05) is 11.6 Å². The SMILES string of the molecule is CCCOC(=O)/C(C)=C\C(=O)O[SiH3]. The van der Waals surface area contributed by atoms with Gasteiger partial charge in [-0.1, -0.05) is 6.92 Å². The van der Waals surface area contributed by atoms with Crippen LogP contribution in [0.2, 0.25) is 0 Å². The van der Waals surface area contributed by atoms with E-state index in [1.807, 2.05) is 6.92 Å². The molecule has 13 heavy (non-hydrogen) atoms. The number of rotatable bonds is 4. The third-order valence-electron chi connectivity index (χ3n) is 1.29. The van der Waals surface area contributed by atoms with E-state index in [0.717, 1.165) is 12.5 Å². The molecule has 0 atom stereocenters. The van der Waals surface area contributed by atoms with Crippen LogP contribution < -0.4 is 0 Å². The molecule has 0 aromatic carbocycles. The minimum Gasteiger partial charge on any atom is -0.526 e. The smallest absolute Gasteiger partial charge is 0.333 e. The molecule has 0 aromatic rings. The fraction of sp³-hybridized carbons (Fsp3) is 0.500. The molecule has 0 aliphatic carbocycles. The van der Waals surface area contributed by atoms with Crippen molar-refractivity contribution in [3.63, 3.8) is 0 Å². The number of hydrogen-bond donors (Lipinski definition) is 0. The molecule has 4 nitrogen and oxygen atoms in total. The van der Waals surface area contributed by atoms with E-state index >= 15 is 0 Å². The predicted molar refractivity (Wildman–Crippen MR) is 51.0 cm³/mol. The molecule has 0 saturated carbocycles. The van der Waals surface area contributed by atoms with Crippen LogP contribution in [0.4, 0.5) is 0 Å². The second kappa shape index (κ2) is 6.42. The van der Waals surface area contributed by atoms with Crippen LogP contribution in [0.15, 0.2) is 11.6 Å². The maximum Gasteiger partial charge on any atom is 0.333 e. The van der Waals surface area contributed by atoms with Crippen LogP contribution in [0.5, 0.6) is 0 Å². The van der Waals surface area contributed by atoms with Crippen LogP contribution in [0.3, 0.4) is 0 Å². The molecule has 0 aliphatic heterocycles. The molecule has 0 N–H and O–H groups in total. The fourth-order valence-corrected chi connectivity index (χ4v) is 0.721. The third kappa shape index (κ3) is 5.19. The Kier molecular flexibility index (Phi) is 5.87. The van der Waals surface area contributed by atoms with Crippen LogP contribution in [-0.2, 0) is 18.8 Å². The number of hydrogen-bond acceptors (Lipinski definition) is 4. The first-order chi connectivity index (χ1) is 6.11. The Morgan fingerprint density at radius 3 is 2.54 bits per heavy atom. The second-order valence-electron chi connectivity index (χ2n) is 2.49. The zero-order valence-corrected chi connectivity index (χ0v) is 10.1. The summed E-state index contributed by atoms with van der Waals surface area (Å²) in [5, 5.41) is 0. The third-order valence-corrected chi connectivity index (χ3v) is 1.70. The summed E-state index contributed by atoms with van der Waals surface area (Å²) in [6.07, 6.45) is 1.91. The summed E-state index contributed by atoms with van der Waals surface area (Å²) in [5.41, 5.74) is 0.273. The van der Waals surface area contributed by atoms with E-state index in [1.54, 1.807) is 0 Å². The van der Waals surface area contributed by atoms with Gasteiger partial charge in [0.25, 0.3) is 0 Å². The van der Waals surface area contributed by atoms with E-state index in [2.05, 4.69) is 4.43 Å². The van der Waals surface area contributed by atoms with Gasteiger partial charge in [-0.05, 0) is 13.3 Å². The van der Waals surface area contributed by atoms with Gasteiger partial charge < -0.3 is 9.16 Å². The largest absolute Gasteiger partial charge is 0.526 e. The number of esters is 1. The summed E-state index contributed by atoms with van der Waals surface area (Å²) >= 11 is 0. The van der Waals surface area contributed by atoms with Gasteiger partial charge in [0.05, 0.1) is 6.61 Å². The van der Waals surface area contributed by atoms with Gasteiger partial charge >= 0.3 is 11.9 Å². The van der Waals surface area contributed by atoms with Crippen molar-refractivity contribution in [2.75, 3.05) is 6.61 Å². The lowest BCUT2D eigenvalue weighted by atomic mass is 10.3. The van der Waals surface area contributed by atoms with Gasteiger partial charge in [0.2, 0.25) is 10.5 Å². The number of ether oxygens (including phenoxy) is 1. The molecule has 5 heteroatoms. The standard InChI is InChI=1S/C8H14O4Si/c1-3-4-11-8(10)6(2)5-7(9)12-13/h5H,3-4H2,1-2,13H3/b6-5-. The van der Waals surface area contributed by atoms with Crippen LogP contribution in [-0.4, -0.2) is 29.0 Å². The topological polar surface area (TPSA) is 52.6 Å². The highest BCUT2D eigenvalue weighted by atomic mass is 28.2. The normalized spacial score (nSPS) is 11.1. The Hall–Kier alpha value is -1.10. The van der Waals surface area contributed by atoms with Crippen LogP contribution in [0.25, 0.3) is 0 Å². The van der Waals surface area contributed by atoms with Crippen molar-refractivity contribution in [2.24, 2.45) is 0 Å². The molecule has 74 valence electrons. The van der Waals surface area contributed by atoms with E-state index < -0.39 is 11.9 Å². The molecule has 0 saturated heterocycles. The van der Waals surface area contributed by atoms with Gasteiger partial charge in [0.15, 0.2) is 0 Å². The quantitative estimate of drug-likeness (QED) is 0.357. The summed E-state index contributed by atoms with van der Waals surface area (Å²) in [7, 11) is 0.331. The summed E-state index contributed by atoms with van der Waals surface area (Å²) in [4.78, 5) is 21.8. The highest BCUT2D eigenvalue weighted by molar-refractivity contribution is 6.09. The Labute approximate surface area is 80.4 Å². The highest BCUT2D eigenvalue weighted by Gasteiger charge is 2.06. The minimum absolute atomic E-state index is 0.273. The van der Waals surface area contributed by atoms with Gasteiger partial charge in [-0.3, -0.25) is 0 Å². The van der Waals surface area contributed by atoms with Crippen LogP contribution in [0.1, 0.15) is 20.3 Å². The Morgan fingerprint density at radius 1 is 1.46 bits per heavy atom. The van der Waals surface area contributed by atoms with Crippen LogP contribution >= 0.6 is 0 Å². The summed E-state index contributed by atoms with van der Waals surface area (Å²) in [6.45, 7) is 3.80. The van der Waals surface area contributed by atoms with E-state index in [-0.39, 0.29) is 5.57 Å². The lowest BCUT2D eigenvalue weighted by Gasteiger charge is -2.02. The highest BCUT2D eigenvalue weighted by Crippen LogP contribution is 1.97. The van der Waals surface area contributed by atoms with E-state index in [4.69, 9.17) is 4.74 Å². The average Bonchev–Trinajstić information content (AvgIpc) is 2.13. The molecule has 0 unspecified atom stereocenters. The fourth-order valence-electron chi connectivity index (χ4n) is 0.603. The van der Waals surface area contributed by atoms with Crippen molar-refractivity contribution in [1.82, 2.24) is 0 Å². The Balaban J connectivity index is 4.08. The van der Waals surface area contributed by atoms with E-state index in [1.165, 1.54) is 6.92 Å². The molecule has 0 bridgehead atoms. The van der Waals surface area contributed by atoms with E-state index in [9.17, 15) is 9.59 Å². The van der Waals surface area contributed by atoms with Gasteiger partial charge in [-0.15, -0.1) is 0 Å². The van der Waals surface area contributed by atoms with E-state index in [0.29, 0.717) is 17.1 Å². The molecule has 0 spiro atoms. The lowest BCUT2D eigenvalue weighted by molar-refractivity contribution is -0.139. The molecule has 0 radical (unpaired) electrons. The summed E-state index contributed by atoms with van der Waals surface area (Å²) < 4.78 is 9.29. The predicted octanol–water partition coefficient (Wildman–Crippen LogP) is -0.291. The second-order valence-corrected chi connectivity index (χ2v) is 2.89. The van der Waals surface area contributed by atoms with Crippen LogP contribution in [0, 0.1) is 0 Å². The van der Waals surface area contributed by atoms with Crippen molar-refractivity contribution >= 4 is 22.4 Å². The zero-order valence-electron chi connectivity index (χ0n) is 8.12. The molecule has 0 aliphatic rings.